The van der Waals surface area contributed by atoms with Gasteiger partial charge in [-0.05, 0) is 24.3 Å². The lowest BCUT2D eigenvalue weighted by Crippen LogP contribution is -2.25. The van der Waals surface area contributed by atoms with E-state index in [1.165, 1.54) is 4.88 Å². The van der Waals surface area contributed by atoms with E-state index in [-0.39, 0.29) is 5.41 Å². The van der Waals surface area contributed by atoms with Crippen molar-refractivity contribution in [2.45, 2.75) is 33.6 Å². The van der Waals surface area contributed by atoms with E-state index >= 15 is 0 Å². The first kappa shape index (κ1) is 16.0. The summed E-state index contributed by atoms with van der Waals surface area (Å²) in [5.74, 6) is 1.16. The predicted octanol–water partition coefficient (Wildman–Crippen LogP) is 3.31. The van der Waals surface area contributed by atoms with Gasteiger partial charge >= 0.3 is 0 Å². The minimum absolute atomic E-state index is 0.131. The van der Waals surface area contributed by atoms with Crippen molar-refractivity contribution in [3.8, 4) is 0 Å². The zero-order chi connectivity index (χ0) is 15.5. The second-order valence-electron chi connectivity index (χ2n) is 5.98. The molecule has 0 saturated heterocycles. The highest BCUT2D eigenvalue weighted by atomic mass is 32.1. The fourth-order valence-corrected chi connectivity index (χ4v) is 3.06. The number of nitrogens with one attached hydrogen (secondary N) is 1. The van der Waals surface area contributed by atoms with Crippen molar-refractivity contribution in [1.29, 1.82) is 0 Å². The standard InChI is InChI=1S/C15H24N4OS/c1-5-10-8-11-12(18-14(16)19-13(11)21-10)17-9-15(2,3)6-7-20-4/h8H,5-7,9H2,1-4H3,(H3,16,17,18,19). The topological polar surface area (TPSA) is 73.1 Å². The molecule has 0 aliphatic rings. The first-order chi connectivity index (χ1) is 9.95. The number of aromatic nitrogens is 2. The Morgan fingerprint density at radius 3 is 2.81 bits per heavy atom. The quantitative estimate of drug-likeness (QED) is 0.821. The van der Waals surface area contributed by atoms with E-state index < -0.39 is 0 Å². The lowest BCUT2D eigenvalue weighted by atomic mass is 9.90. The van der Waals surface area contributed by atoms with Crippen molar-refractivity contribution in [2.75, 3.05) is 31.3 Å². The fourth-order valence-electron chi connectivity index (χ4n) is 2.09. The van der Waals surface area contributed by atoms with Crippen LogP contribution in [-0.2, 0) is 11.2 Å². The highest BCUT2D eigenvalue weighted by Crippen LogP contribution is 2.31. The zero-order valence-electron chi connectivity index (χ0n) is 13.2. The van der Waals surface area contributed by atoms with Gasteiger partial charge in [-0.25, -0.2) is 4.98 Å². The van der Waals surface area contributed by atoms with Crippen LogP contribution in [0.2, 0.25) is 0 Å². The van der Waals surface area contributed by atoms with Crippen LogP contribution in [0, 0.1) is 5.41 Å². The second-order valence-corrected chi connectivity index (χ2v) is 7.09. The summed E-state index contributed by atoms with van der Waals surface area (Å²) >= 11 is 1.68. The summed E-state index contributed by atoms with van der Waals surface area (Å²) < 4.78 is 5.17. The third-order valence-electron chi connectivity index (χ3n) is 3.53. The number of ether oxygens (including phenoxy) is 1. The third-order valence-corrected chi connectivity index (χ3v) is 4.70. The summed E-state index contributed by atoms with van der Waals surface area (Å²) in [6.07, 6.45) is 1.99. The van der Waals surface area contributed by atoms with Gasteiger partial charge in [0.15, 0.2) is 0 Å². The Balaban J connectivity index is 2.19. The highest BCUT2D eigenvalue weighted by molar-refractivity contribution is 7.18. The number of hydrogen-bond donors (Lipinski definition) is 2. The van der Waals surface area contributed by atoms with Gasteiger partial charge < -0.3 is 15.8 Å². The summed E-state index contributed by atoms with van der Waals surface area (Å²) in [5.41, 5.74) is 5.95. The molecule has 2 aromatic rings. The van der Waals surface area contributed by atoms with Gasteiger partial charge in [0.25, 0.3) is 0 Å². The fraction of sp³-hybridized carbons (Fsp3) is 0.600. The molecule has 21 heavy (non-hydrogen) atoms. The Morgan fingerprint density at radius 1 is 1.38 bits per heavy atom. The molecule has 3 N–H and O–H groups in total. The molecule has 0 bridgehead atoms. The summed E-state index contributed by atoms with van der Waals surface area (Å²) in [4.78, 5) is 10.9. The van der Waals surface area contributed by atoms with Crippen LogP contribution in [-0.4, -0.2) is 30.2 Å². The monoisotopic (exact) mass is 308 g/mol. The molecule has 0 aromatic carbocycles. The van der Waals surface area contributed by atoms with E-state index in [0.29, 0.717) is 5.95 Å². The molecule has 0 aliphatic carbocycles. The molecule has 0 aliphatic heterocycles. The Labute approximate surface area is 129 Å². The highest BCUT2D eigenvalue weighted by Gasteiger charge is 2.19. The minimum atomic E-state index is 0.131. The van der Waals surface area contributed by atoms with Gasteiger partial charge in [0.05, 0.1) is 5.39 Å². The van der Waals surface area contributed by atoms with Gasteiger partial charge in [0.2, 0.25) is 5.95 Å². The van der Waals surface area contributed by atoms with E-state index in [9.17, 15) is 0 Å². The maximum absolute atomic E-state index is 5.82. The normalized spacial score (nSPS) is 12.0. The Kier molecular flexibility index (Phi) is 5.00. The van der Waals surface area contributed by atoms with Crippen molar-refractivity contribution in [3.63, 3.8) is 0 Å². The van der Waals surface area contributed by atoms with Crippen LogP contribution in [0.15, 0.2) is 6.07 Å². The SMILES string of the molecule is CCc1cc2c(NCC(C)(C)CCOC)nc(N)nc2s1. The van der Waals surface area contributed by atoms with Gasteiger partial charge in [0, 0.05) is 25.1 Å². The molecule has 0 atom stereocenters. The third kappa shape index (κ3) is 4.04. The lowest BCUT2D eigenvalue weighted by molar-refractivity contribution is 0.157. The molecule has 5 nitrogen and oxygen atoms in total. The number of nitrogens with zero attached hydrogens (tertiary/aromatic N) is 2. The Hall–Kier alpha value is -1.40. The van der Waals surface area contributed by atoms with Crippen molar-refractivity contribution in [2.24, 2.45) is 5.41 Å². The summed E-state index contributed by atoms with van der Waals surface area (Å²) in [7, 11) is 1.73. The predicted molar refractivity (Wildman–Crippen MR) is 90.0 cm³/mol. The van der Waals surface area contributed by atoms with Crippen molar-refractivity contribution < 1.29 is 4.74 Å². The number of fused-ring (bicyclic) bond motifs is 1. The van der Waals surface area contributed by atoms with Crippen LogP contribution in [0.3, 0.4) is 0 Å². The van der Waals surface area contributed by atoms with Crippen LogP contribution in [0.25, 0.3) is 10.2 Å². The zero-order valence-corrected chi connectivity index (χ0v) is 14.0. The van der Waals surface area contributed by atoms with Gasteiger partial charge in [0.1, 0.15) is 10.6 Å². The van der Waals surface area contributed by atoms with Crippen molar-refractivity contribution in [1.82, 2.24) is 9.97 Å². The van der Waals surface area contributed by atoms with Crippen LogP contribution < -0.4 is 11.1 Å². The van der Waals surface area contributed by atoms with Crippen LogP contribution >= 0.6 is 11.3 Å². The molecular weight excluding hydrogens is 284 g/mol. The molecule has 116 valence electrons. The minimum Gasteiger partial charge on any atom is -0.385 e. The molecule has 0 radical (unpaired) electrons. The molecule has 2 heterocycles. The van der Waals surface area contributed by atoms with Crippen molar-refractivity contribution >= 4 is 33.3 Å². The molecule has 6 heteroatoms. The van der Waals surface area contributed by atoms with Crippen LogP contribution in [0.5, 0.6) is 0 Å². The number of hydrogen-bond acceptors (Lipinski definition) is 6. The average Bonchev–Trinajstić information content (AvgIpc) is 2.85. The first-order valence-electron chi connectivity index (χ1n) is 7.24. The van der Waals surface area contributed by atoms with Crippen LogP contribution in [0.1, 0.15) is 32.1 Å². The molecule has 0 fully saturated rings. The van der Waals surface area contributed by atoms with E-state index in [1.54, 1.807) is 18.4 Å². The lowest BCUT2D eigenvalue weighted by Gasteiger charge is -2.25. The molecule has 2 aromatic heterocycles. The van der Waals surface area contributed by atoms with Gasteiger partial charge in [-0.15, -0.1) is 11.3 Å². The number of rotatable bonds is 7. The molecule has 0 spiro atoms. The summed E-state index contributed by atoms with van der Waals surface area (Å²) in [6.45, 7) is 8.15. The Morgan fingerprint density at radius 2 is 2.14 bits per heavy atom. The van der Waals surface area contributed by atoms with Gasteiger partial charge in [-0.1, -0.05) is 20.8 Å². The maximum atomic E-state index is 5.82. The smallest absolute Gasteiger partial charge is 0.223 e. The molecule has 0 unspecified atom stereocenters. The van der Waals surface area contributed by atoms with E-state index in [2.05, 4.69) is 42.1 Å². The summed E-state index contributed by atoms with van der Waals surface area (Å²) in [5, 5.41) is 4.50. The molecular formula is C15H24N4OS. The van der Waals surface area contributed by atoms with E-state index in [4.69, 9.17) is 10.5 Å². The second kappa shape index (κ2) is 6.58. The number of nitrogens with two attached hydrogens (primary N) is 1. The van der Waals surface area contributed by atoms with Crippen LogP contribution in [0.4, 0.5) is 11.8 Å². The number of thiophene rings is 1. The maximum Gasteiger partial charge on any atom is 0.223 e. The van der Waals surface area contributed by atoms with Crippen molar-refractivity contribution in [3.05, 3.63) is 10.9 Å². The number of nitrogen functional groups attached to an aromatic ring is 1. The first-order valence-corrected chi connectivity index (χ1v) is 8.05. The largest absolute Gasteiger partial charge is 0.385 e. The van der Waals surface area contributed by atoms with Gasteiger partial charge in [-0.3, -0.25) is 0 Å². The average molecular weight is 308 g/mol. The van der Waals surface area contributed by atoms with Gasteiger partial charge in [-0.2, -0.15) is 4.98 Å². The number of aryl methyl sites for hydroxylation is 1. The molecule has 0 saturated carbocycles. The molecule has 2 rings (SSSR count). The van der Waals surface area contributed by atoms with E-state index in [0.717, 1.165) is 42.0 Å². The number of methoxy groups -OCH3 is 1. The molecule has 0 amide bonds. The Bertz CT molecular complexity index is 609. The number of anilines is 2. The van der Waals surface area contributed by atoms with E-state index in [1.807, 2.05) is 0 Å². The summed E-state index contributed by atoms with van der Waals surface area (Å²) in [6, 6.07) is 2.16.